The van der Waals surface area contributed by atoms with Crippen LogP contribution in [0.2, 0.25) is 0 Å². The molecule has 1 heterocycles. The fourth-order valence-electron chi connectivity index (χ4n) is 1.81. The van der Waals surface area contributed by atoms with Crippen molar-refractivity contribution in [2.24, 2.45) is 5.73 Å². The predicted octanol–water partition coefficient (Wildman–Crippen LogP) is 2.79. The molecule has 19 heavy (non-hydrogen) atoms. The SMILES string of the molecule is Cc1ccncc1C(Nc1ccccc1Br)C(N)=O. The number of carbonyl (C=O) groups excluding carboxylic acids is 1. The fourth-order valence-corrected chi connectivity index (χ4v) is 2.21. The maximum Gasteiger partial charge on any atom is 0.244 e. The molecule has 0 bridgehead atoms. The number of anilines is 1. The third-order valence-corrected chi connectivity index (χ3v) is 3.54. The standard InChI is InChI=1S/C14H14BrN3O/c1-9-6-7-17-8-10(9)13(14(16)19)18-12-5-3-2-4-11(12)15/h2-8,13,18H,1H3,(H2,16,19). The van der Waals surface area contributed by atoms with Crippen molar-refractivity contribution in [3.05, 3.63) is 58.3 Å². The minimum atomic E-state index is -0.604. The number of hydrogen-bond donors (Lipinski definition) is 2. The second-order valence-corrected chi connectivity index (χ2v) is 5.05. The summed E-state index contributed by atoms with van der Waals surface area (Å²) >= 11 is 3.43. The van der Waals surface area contributed by atoms with Crippen molar-refractivity contribution >= 4 is 27.5 Å². The molecule has 3 N–H and O–H groups in total. The van der Waals surface area contributed by atoms with Crippen molar-refractivity contribution in [2.75, 3.05) is 5.32 Å². The van der Waals surface area contributed by atoms with Gasteiger partial charge in [0.2, 0.25) is 5.91 Å². The van der Waals surface area contributed by atoms with Gasteiger partial charge in [0.25, 0.3) is 0 Å². The van der Waals surface area contributed by atoms with Gasteiger partial charge in [-0.3, -0.25) is 9.78 Å². The van der Waals surface area contributed by atoms with Crippen molar-refractivity contribution in [3.8, 4) is 0 Å². The number of aryl methyl sites for hydroxylation is 1. The largest absolute Gasteiger partial charge is 0.369 e. The van der Waals surface area contributed by atoms with Crippen molar-refractivity contribution in [1.29, 1.82) is 0 Å². The molecule has 5 heteroatoms. The number of nitrogens with zero attached hydrogens (tertiary/aromatic N) is 1. The molecule has 2 aromatic rings. The monoisotopic (exact) mass is 319 g/mol. The number of hydrogen-bond acceptors (Lipinski definition) is 3. The molecule has 0 saturated carbocycles. The zero-order valence-corrected chi connectivity index (χ0v) is 12.0. The van der Waals surface area contributed by atoms with Gasteiger partial charge in [-0.15, -0.1) is 0 Å². The minimum absolute atomic E-state index is 0.438. The molecule has 0 radical (unpaired) electrons. The summed E-state index contributed by atoms with van der Waals surface area (Å²) in [4.78, 5) is 15.7. The Hall–Kier alpha value is -1.88. The van der Waals surface area contributed by atoms with Gasteiger partial charge in [0.15, 0.2) is 0 Å². The highest BCUT2D eigenvalue weighted by Crippen LogP contribution is 2.27. The van der Waals surface area contributed by atoms with Gasteiger partial charge >= 0.3 is 0 Å². The number of halogens is 1. The van der Waals surface area contributed by atoms with Gasteiger partial charge in [0.1, 0.15) is 6.04 Å². The number of rotatable bonds is 4. The van der Waals surface area contributed by atoms with E-state index in [4.69, 9.17) is 5.73 Å². The Kier molecular flexibility index (Phi) is 4.16. The van der Waals surface area contributed by atoms with E-state index in [2.05, 4.69) is 26.2 Å². The van der Waals surface area contributed by atoms with Crippen LogP contribution in [0.5, 0.6) is 0 Å². The summed E-state index contributed by atoms with van der Waals surface area (Å²) < 4.78 is 0.878. The number of aromatic nitrogens is 1. The van der Waals surface area contributed by atoms with E-state index in [1.165, 1.54) is 0 Å². The maximum atomic E-state index is 11.7. The predicted molar refractivity (Wildman–Crippen MR) is 78.7 cm³/mol. The molecular formula is C14H14BrN3O. The van der Waals surface area contributed by atoms with Crippen LogP contribution in [0.1, 0.15) is 17.2 Å². The molecule has 0 fully saturated rings. The van der Waals surface area contributed by atoms with Crippen LogP contribution in [-0.4, -0.2) is 10.9 Å². The molecule has 1 unspecified atom stereocenters. The summed E-state index contributed by atoms with van der Waals surface area (Å²) in [5, 5.41) is 3.14. The molecule has 1 aromatic heterocycles. The van der Waals surface area contributed by atoms with Crippen LogP contribution < -0.4 is 11.1 Å². The smallest absolute Gasteiger partial charge is 0.244 e. The third-order valence-electron chi connectivity index (χ3n) is 2.85. The first-order valence-corrected chi connectivity index (χ1v) is 6.60. The number of nitrogens with one attached hydrogen (secondary N) is 1. The summed E-state index contributed by atoms with van der Waals surface area (Å²) in [5.74, 6) is -0.438. The first kappa shape index (κ1) is 13.5. The van der Waals surface area contributed by atoms with E-state index in [9.17, 15) is 4.79 Å². The maximum absolute atomic E-state index is 11.7. The zero-order valence-electron chi connectivity index (χ0n) is 10.4. The molecule has 98 valence electrons. The second kappa shape index (κ2) is 5.84. The molecule has 0 spiro atoms. The average Bonchev–Trinajstić information content (AvgIpc) is 2.38. The van der Waals surface area contributed by atoms with Crippen LogP contribution >= 0.6 is 15.9 Å². The fraction of sp³-hybridized carbons (Fsp3) is 0.143. The van der Waals surface area contributed by atoms with Crippen LogP contribution in [0.3, 0.4) is 0 Å². The lowest BCUT2D eigenvalue weighted by molar-refractivity contribution is -0.118. The first-order chi connectivity index (χ1) is 9.09. The molecule has 0 saturated heterocycles. The minimum Gasteiger partial charge on any atom is -0.369 e. The highest BCUT2D eigenvalue weighted by atomic mass is 79.9. The van der Waals surface area contributed by atoms with Crippen molar-refractivity contribution in [1.82, 2.24) is 4.98 Å². The number of amides is 1. The zero-order chi connectivity index (χ0) is 13.8. The average molecular weight is 320 g/mol. The summed E-state index contributed by atoms with van der Waals surface area (Å²) in [6.45, 7) is 1.93. The Bertz CT molecular complexity index is 601. The number of carbonyl (C=O) groups is 1. The molecule has 0 aliphatic rings. The van der Waals surface area contributed by atoms with Crippen LogP contribution in [0.25, 0.3) is 0 Å². The van der Waals surface area contributed by atoms with Crippen LogP contribution in [0, 0.1) is 6.92 Å². The number of nitrogens with two attached hydrogens (primary N) is 1. The van der Waals surface area contributed by atoms with E-state index in [1.807, 2.05) is 37.3 Å². The van der Waals surface area contributed by atoms with Gasteiger partial charge in [-0.25, -0.2) is 0 Å². The quantitative estimate of drug-likeness (QED) is 0.910. The lowest BCUT2D eigenvalue weighted by Gasteiger charge is -2.19. The molecule has 2 rings (SSSR count). The van der Waals surface area contributed by atoms with Crippen molar-refractivity contribution < 1.29 is 4.79 Å². The van der Waals surface area contributed by atoms with Gasteiger partial charge in [-0.1, -0.05) is 12.1 Å². The highest BCUT2D eigenvalue weighted by Gasteiger charge is 2.20. The van der Waals surface area contributed by atoms with E-state index in [1.54, 1.807) is 12.4 Å². The van der Waals surface area contributed by atoms with E-state index in [-0.39, 0.29) is 0 Å². The van der Waals surface area contributed by atoms with Crippen molar-refractivity contribution in [2.45, 2.75) is 13.0 Å². The molecular weight excluding hydrogens is 306 g/mol. The van der Waals surface area contributed by atoms with Crippen molar-refractivity contribution in [3.63, 3.8) is 0 Å². The van der Waals surface area contributed by atoms with Crippen LogP contribution in [0.15, 0.2) is 47.2 Å². The summed E-state index contributed by atoms with van der Waals surface area (Å²) in [6.07, 6.45) is 3.35. The van der Waals surface area contributed by atoms with Crippen LogP contribution in [0.4, 0.5) is 5.69 Å². The van der Waals surface area contributed by atoms with Gasteiger partial charge in [0.05, 0.1) is 0 Å². The van der Waals surface area contributed by atoms with Gasteiger partial charge < -0.3 is 11.1 Å². The normalized spacial score (nSPS) is 11.9. The Labute approximate surface area is 120 Å². The van der Waals surface area contributed by atoms with E-state index in [0.717, 1.165) is 21.3 Å². The molecule has 0 aliphatic heterocycles. The Morgan fingerprint density at radius 3 is 2.74 bits per heavy atom. The third kappa shape index (κ3) is 3.12. The number of benzene rings is 1. The Morgan fingerprint density at radius 2 is 2.11 bits per heavy atom. The van der Waals surface area contributed by atoms with E-state index >= 15 is 0 Å². The van der Waals surface area contributed by atoms with E-state index < -0.39 is 11.9 Å². The lowest BCUT2D eigenvalue weighted by Crippen LogP contribution is -2.28. The number of pyridine rings is 1. The summed E-state index contributed by atoms with van der Waals surface area (Å²) in [7, 11) is 0. The second-order valence-electron chi connectivity index (χ2n) is 4.19. The Morgan fingerprint density at radius 1 is 1.37 bits per heavy atom. The highest BCUT2D eigenvalue weighted by molar-refractivity contribution is 9.10. The topological polar surface area (TPSA) is 68.0 Å². The molecule has 0 aliphatic carbocycles. The molecule has 4 nitrogen and oxygen atoms in total. The lowest BCUT2D eigenvalue weighted by atomic mass is 10.0. The van der Waals surface area contributed by atoms with Gasteiger partial charge in [-0.05, 0) is 46.6 Å². The van der Waals surface area contributed by atoms with Gasteiger partial charge in [0, 0.05) is 28.1 Å². The number of para-hydroxylation sites is 1. The summed E-state index contributed by atoms with van der Waals surface area (Å²) in [5.41, 5.74) is 8.06. The molecule has 1 amide bonds. The summed E-state index contributed by atoms with van der Waals surface area (Å²) in [6, 6.07) is 8.83. The van der Waals surface area contributed by atoms with Crippen LogP contribution in [-0.2, 0) is 4.79 Å². The van der Waals surface area contributed by atoms with Gasteiger partial charge in [-0.2, -0.15) is 0 Å². The molecule has 1 aromatic carbocycles. The first-order valence-electron chi connectivity index (χ1n) is 5.80. The number of primary amides is 1. The Balaban J connectivity index is 2.35. The van der Waals surface area contributed by atoms with E-state index in [0.29, 0.717) is 0 Å². The molecule has 1 atom stereocenters.